The Morgan fingerprint density at radius 2 is 1.88 bits per heavy atom. The van der Waals surface area contributed by atoms with E-state index in [4.69, 9.17) is 0 Å². The minimum Gasteiger partial charge on any atom is -0.336 e. The van der Waals surface area contributed by atoms with Gasteiger partial charge in [0.05, 0.1) is 10.6 Å². The average molecular weight is 344 g/mol. The van der Waals surface area contributed by atoms with E-state index in [-0.39, 0.29) is 24.5 Å². The van der Waals surface area contributed by atoms with Crippen molar-refractivity contribution in [3.63, 3.8) is 0 Å². The first kappa shape index (κ1) is 15.4. The molecule has 6 heteroatoms. The van der Waals surface area contributed by atoms with Crippen LogP contribution in [-0.4, -0.2) is 37.9 Å². The highest BCUT2D eigenvalue weighted by Gasteiger charge is 2.40. The van der Waals surface area contributed by atoms with Crippen molar-refractivity contribution >= 4 is 32.4 Å². The lowest BCUT2D eigenvalue weighted by atomic mass is 10.1. The highest BCUT2D eigenvalue weighted by Crippen LogP contribution is 2.42. The normalized spacial score (nSPS) is 18.4. The molecule has 0 aromatic heterocycles. The number of hydrogen-bond acceptors (Lipinski definition) is 3. The van der Waals surface area contributed by atoms with Gasteiger partial charge in [0.2, 0.25) is 5.91 Å². The third-order valence-electron chi connectivity index (χ3n) is 4.74. The van der Waals surface area contributed by atoms with Crippen molar-refractivity contribution in [3.05, 3.63) is 36.4 Å². The molecule has 0 spiro atoms. The van der Waals surface area contributed by atoms with Gasteiger partial charge in [0.25, 0.3) is 10.0 Å². The molecule has 24 heavy (non-hydrogen) atoms. The van der Waals surface area contributed by atoms with Crippen LogP contribution in [0.3, 0.4) is 0 Å². The number of rotatable bonds is 4. The zero-order valence-electron chi connectivity index (χ0n) is 13.8. The van der Waals surface area contributed by atoms with E-state index in [0.717, 1.165) is 23.6 Å². The van der Waals surface area contributed by atoms with Crippen LogP contribution in [0.1, 0.15) is 26.7 Å². The van der Waals surface area contributed by atoms with Gasteiger partial charge in [0.15, 0.2) is 0 Å². The zero-order chi connectivity index (χ0) is 17.1. The molecule has 0 radical (unpaired) electrons. The third-order valence-corrected chi connectivity index (χ3v) is 6.55. The van der Waals surface area contributed by atoms with Gasteiger partial charge in [-0.3, -0.25) is 9.10 Å². The Balaban J connectivity index is 1.75. The van der Waals surface area contributed by atoms with Gasteiger partial charge >= 0.3 is 0 Å². The Kier molecular flexibility index (Phi) is 3.35. The molecule has 2 aromatic carbocycles. The fourth-order valence-corrected chi connectivity index (χ4v) is 5.26. The molecule has 1 amide bonds. The van der Waals surface area contributed by atoms with E-state index < -0.39 is 10.0 Å². The van der Waals surface area contributed by atoms with Crippen LogP contribution in [0, 0.1) is 0 Å². The van der Waals surface area contributed by atoms with Crippen molar-refractivity contribution < 1.29 is 13.2 Å². The van der Waals surface area contributed by atoms with Gasteiger partial charge < -0.3 is 4.90 Å². The van der Waals surface area contributed by atoms with Crippen molar-refractivity contribution in [2.45, 2.75) is 43.7 Å². The summed E-state index contributed by atoms with van der Waals surface area (Å²) < 4.78 is 27.1. The molecule has 2 aromatic rings. The van der Waals surface area contributed by atoms with E-state index in [9.17, 15) is 13.2 Å². The second-order valence-electron chi connectivity index (χ2n) is 6.77. The van der Waals surface area contributed by atoms with Crippen LogP contribution in [0.25, 0.3) is 10.8 Å². The Labute approximate surface area is 141 Å². The second kappa shape index (κ2) is 5.21. The maximum atomic E-state index is 12.9. The average Bonchev–Trinajstić information content (AvgIpc) is 3.32. The van der Waals surface area contributed by atoms with Crippen molar-refractivity contribution in [1.82, 2.24) is 4.90 Å². The van der Waals surface area contributed by atoms with Crippen LogP contribution >= 0.6 is 0 Å². The molecule has 1 aliphatic heterocycles. The lowest BCUT2D eigenvalue weighted by molar-refractivity contribution is -0.131. The number of benzene rings is 2. The minimum absolute atomic E-state index is 0.0773. The monoisotopic (exact) mass is 344 g/mol. The summed E-state index contributed by atoms with van der Waals surface area (Å²) in [5.74, 6) is -0.124. The van der Waals surface area contributed by atoms with Crippen LogP contribution in [0.2, 0.25) is 0 Å². The van der Waals surface area contributed by atoms with E-state index in [2.05, 4.69) is 0 Å². The van der Waals surface area contributed by atoms with Gasteiger partial charge in [-0.1, -0.05) is 24.3 Å². The van der Waals surface area contributed by atoms with Crippen LogP contribution < -0.4 is 4.31 Å². The van der Waals surface area contributed by atoms with Gasteiger partial charge in [0, 0.05) is 17.5 Å². The van der Waals surface area contributed by atoms with E-state index in [0.29, 0.717) is 10.6 Å². The first-order valence-corrected chi connectivity index (χ1v) is 9.71. The molecule has 1 fully saturated rings. The van der Waals surface area contributed by atoms with E-state index in [1.54, 1.807) is 18.2 Å². The number of hydrogen-bond donors (Lipinski definition) is 0. The van der Waals surface area contributed by atoms with Gasteiger partial charge in [-0.05, 0) is 44.2 Å². The van der Waals surface area contributed by atoms with Gasteiger partial charge in [-0.25, -0.2) is 8.42 Å². The molecule has 0 N–H and O–H groups in total. The molecule has 0 unspecified atom stereocenters. The summed E-state index contributed by atoms with van der Waals surface area (Å²) in [6.45, 7) is 3.82. The Bertz CT molecular complexity index is 925. The number of sulfonamides is 1. The Morgan fingerprint density at radius 1 is 1.21 bits per heavy atom. The number of anilines is 1. The number of carbonyl (C=O) groups is 1. The summed E-state index contributed by atoms with van der Waals surface area (Å²) in [5.41, 5.74) is 0.607. The standard InChI is InChI=1S/C18H20N2O3S/c1-12(2)20(14-9-10-14)17(21)11-19-15-7-3-5-13-6-4-8-16(18(13)15)24(19,22)23/h3-8,12,14H,9-11H2,1-2H3. The lowest BCUT2D eigenvalue weighted by Crippen LogP contribution is -2.45. The number of amides is 1. The highest BCUT2D eigenvalue weighted by molar-refractivity contribution is 7.93. The number of nitrogens with zero attached hydrogens (tertiary/aromatic N) is 2. The molecule has 1 saturated carbocycles. The van der Waals surface area contributed by atoms with Crippen LogP contribution in [0.15, 0.2) is 41.3 Å². The summed E-state index contributed by atoms with van der Waals surface area (Å²) >= 11 is 0. The molecular formula is C18H20N2O3S. The lowest BCUT2D eigenvalue weighted by Gasteiger charge is -2.29. The van der Waals surface area contributed by atoms with E-state index >= 15 is 0 Å². The van der Waals surface area contributed by atoms with Crippen LogP contribution in [0.5, 0.6) is 0 Å². The summed E-state index contributed by atoms with van der Waals surface area (Å²) in [5, 5.41) is 1.60. The zero-order valence-corrected chi connectivity index (χ0v) is 14.6. The maximum Gasteiger partial charge on any atom is 0.265 e. The fourth-order valence-electron chi connectivity index (χ4n) is 3.60. The van der Waals surface area contributed by atoms with Gasteiger partial charge in [-0.2, -0.15) is 0 Å². The summed E-state index contributed by atoms with van der Waals surface area (Å²) in [6, 6.07) is 11.1. The molecule has 4 rings (SSSR count). The Hall–Kier alpha value is -2.08. The molecule has 1 aliphatic carbocycles. The number of carbonyl (C=O) groups excluding carboxylic acids is 1. The van der Waals surface area contributed by atoms with Crippen molar-refractivity contribution in [2.24, 2.45) is 0 Å². The molecule has 126 valence electrons. The Morgan fingerprint density at radius 3 is 2.50 bits per heavy atom. The first-order chi connectivity index (χ1) is 11.4. The van der Waals surface area contributed by atoms with Crippen LogP contribution in [-0.2, 0) is 14.8 Å². The van der Waals surface area contributed by atoms with E-state index in [1.165, 1.54) is 4.31 Å². The molecule has 0 bridgehead atoms. The summed E-state index contributed by atoms with van der Waals surface area (Å²) in [4.78, 5) is 14.9. The molecule has 5 nitrogen and oxygen atoms in total. The molecular weight excluding hydrogens is 324 g/mol. The fraction of sp³-hybridized carbons (Fsp3) is 0.389. The summed E-state index contributed by atoms with van der Waals surface area (Å²) in [6.07, 6.45) is 2.01. The van der Waals surface area contributed by atoms with Gasteiger partial charge in [0.1, 0.15) is 6.54 Å². The maximum absolute atomic E-state index is 12.9. The van der Waals surface area contributed by atoms with Crippen LogP contribution in [0.4, 0.5) is 5.69 Å². The second-order valence-corrected chi connectivity index (χ2v) is 8.60. The topological polar surface area (TPSA) is 57.7 Å². The highest BCUT2D eigenvalue weighted by atomic mass is 32.2. The smallest absolute Gasteiger partial charge is 0.265 e. The van der Waals surface area contributed by atoms with Crippen molar-refractivity contribution in [1.29, 1.82) is 0 Å². The largest absolute Gasteiger partial charge is 0.336 e. The molecule has 2 aliphatic rings. The van der Waals surface area contributed by atoms with Crippen molar-refractivity contribution in [2.75, 3.05) is 10.8 Å². The quantitative estimate of drug-likeness (QED) is 0.857. The molecule has 0 saturated heterocycles. The SMILES string of the molecule is CC(C)N(C(=O)CN1c2cccc3cccc(c23)S1(=O)=O)C1CC1. The molecule has 0 atom stereocenters. The van der Waals surface area contributed by atoms with Crippen molar-refractivity contribution in [3.8, 4) is 0 Å². The summed E-state index contributed by atoms with van der Waals surface area (Å²) in [7, 11) is -3.67. The molecule has 1 heterocycles. The third kappa shape index (κ3) is 2.20. The van der Waals surface area contributed by atoms with Gasteiger partial charge in [-0.15, -0.1) is 0 Å². The van der Waals surface area contributed by atoms with E-state index in [1.807, 2.05) is 36.9 Å². The predicted molar refractivity (Wildman–Crippen MR) is 93.5 cm³/mol. The predicted octanol–water partition coefficient (Wildman–Crippen LogP) is 2.75. The first-order valence-electron chi connectivity index (χ1n) is 8.27. The minimum atomic E-state index is -3.67.